The minimum Gasteiger partial charge on any atom is -0.481 e. The first-order chi connectivity index (χ1) is 12.1. The number of aromatic nitrogens is 2. The van der Waals surface area contributed by atoms with Gasteiger partial charge in [-0.15, -0.1) is 0 Å². The Hall–Kier alpha value is -2.67. The topological polar surface area (TPSA) is 93.5 Å². The molecule has 1 fully saturated rings. The van der Waals surface area contributed by atoms with Crippen molar-refractivity contribution in [1.29, 1.82) is 0 Å². The van der Waals surface area contributed by atoms with E-state index in [2.05, 4.69) is 10.4 Å². The average molecular weight is 343 g/mol. The van der Waals surface area contributed by atoms with E-state index in [-0.39, 0.29) is 12.3 Å². The van der Waals surface area contributed by atoms with Gasteiger partial charge in [-0.05, 0) is 36.6 Å². The van der Waals surface area contributed by atoms with Gasteiger partial charge in [0.05, 0.1) is 18.5 Å². The van der Waals surface area contributed by atoms with Crippen LogP contribution in [0.3, 0.4) is 0 Å². The van der Waals surface area contributed by atoms with Crippen LogP contribution in [-0.2, 0) is 16.1 Å². The number of carboxylic acids is 1. The fourth-order valence-corrected chi connectivity index (χ4v) is 3.05. The Morgan fingerprint density at radius 1 is 1.24 bits per heavy atom. The van der Waals surface area contributed by atoms with Crippen LogP contribution in [0, 0.1) is 0 Å². The zero-order valence-corrected chi connectivity index (χ0v) is 13.9. The lowest BCUT2D eigenvalue weighted by atomic mass is 9.86. The smallest absolute Gasteiger partial charge is 0.305 e. The number of nitrogens with zero attached hydrogens (tertiary/aromatic N) is 2. The molecule has 0 bridgehead atoms. The van der Waals surface area contributed by atoms with Crippen molar-refractivity contribution in [3.05, 3.63) is 53.9 Å². The van der Waals surface area contributed by atoms with E-state index in [1.54, 1.807) is 23.0 Å². The molecule has 7 nitrogen and oxygen atoms in total. The number of carbonyl (C=O) groups excluding carboxylic acids is 1. The number of hydrogen-bond donors (Lipinski definition) is 2. The molecule has 3 rings (SSSR count). The van der Waals surface area contributed by atoms with Crippen LogP contribution < -0.4 is 5.32 Å². The quantitative estimate of drug-likeness (QED) is 0.832. The number of benzene rings is 1. The molecule has 7 heteroatoms. The normalized spacial score (nSPS) is 16.3. The van der Waals surface area contributed by atoms with Gasteiger partial charge in [-0.3, -0.25) is 14.3 Å². The summed E-state index contributed by atoms with van der Waals surface area (Å²) in [7, 11) is 0. The van der Waals surface area contributed by atoms with Gasteiger partial charge >= 0.3 is 5.97 Å². The number of rotatable bonds is 6. The summed E-state index contributed by atoms with van der Waals surface area (Å²) in [6.07, 6.45) is 4.50. The van der Waals surface area contributed by atoms with Crippen molar-refractivity contribution < 1.29 is 19.4 Å². The molecular formula is C18H21N3O4. The molecule has 25 heavy (non-hydrogen) atoms. The molecule has 0 spiro atoms. The van der Waals surface area contributed by atoms with E-state index in [0.717, 1.165) is 5.56 Å². The zero-order chi connectivity index (χ0) is 17.7. The highest BCUT2D eigenvalue weighted by atomic mass is 16.5. The largest absolute Gasteiger partial charge is 0.481 e. The predicted octanol–water partition coefficient (Wildman–Crippen LogP) is 1.69. The van der Waals surface area contributed by atoms with E-state index < -0.39 is 11.5 Å². The fraction of sp³-hybridized carbons (Fsp3) is 0.389. The maximum atomic E-state index is 12.6. The molecule has 132 valence electrons. The Morgan fingerprint density at radius 2 is 1.96 bits per heavy atom. The lowest BCUT2D eigenvalue weighted by molar-refractivity contribution is -0.139. The molecule has 1 aromatic carbocycles. The molecule has 0 atom stereocenters. The number of hydrogen-bond acceptors (Lipinski definition) is 4. The highest BCUT2D eigenvalue weighted by Crippen LogP contribution is 2.25. The second-order valence-corrected chi connectivity index (χ2v) is 6.32. The SMILES string of the molecule is O=C(O)CC1(NC(=O)c2ccc(Cn3cccn3)cc2)CCOCC1. The van der Waals surface area contributed by atoms with Crippen LogP contribution in [0.1, 0.15) is 35.2 Å². The van der Waals surface area contributed by atoms with Gasteiger partial charge in [0.25, 0.3) is 5.91 Å². The van der Waals surface area contributed by atoms with Gasteiger partial charge in [0.15, 0.2) is 0 Å². The highest BCUT2D eigenvalue weighted by molar-refractivity contribution is 5.95. The average Bonchev–Trinajstić information content (AvgIpc) is 3.08. The standard InChI is InChI=1S/C18H21N3O4/c22-16(23)12-18(6-10-25-11-7-18)20-17(24)15-4-2-14(3-5-15)13-21-9-1-8-19-21/h1-5,8-9H,6-7,10-13H2,(H,20,24)(H,22,23). The van der Waals surface area contributed by atoms with E-state index in [1.165, 1.54) is 0 Å². The molecule has 1 aliphatic rings. The van der Waals surface area contributed by atoms with Crippen LogP contribution in [-0.4, -0.2) is 45.5 Å². The Balaban J connectivity index is 1.68. The number of amides is 1. The van der Waals surface area contributed by atoms with Gasteiger partial charge in [-0.2, -0.15) is 5.10 Å². The maximum absolute atomic E-state index is 12.6. The monoisotopic (exact) mass is 343 g/mol. The van der Waals surface area contributed by atoms with Crippen molar-refractivity contribution >= 4 is 11.9 Å². The lowest BCUT2D eigenvalue weighted by Gasteiger charge is -2.36. The summed E-state index contributed by atoms with van der Waals surface area (Å²) in [4.78, 5) is 23.8. The summed E-state index contributed by atoms with van der Waals surface area (Å²) in [5, 5.41) is 16.3. The van der Waals surface area contributed by atoms with Crippen LogP contribution in [0.15, 0.2) is 42.7 Å². The van der Waals surface area contributed by atoms with Gasteiger partial charge in [-0.1, -0.05) is 12.1 Å². The number of ether oxygens (including phenoxy) is 1. The summed E-state index contributed by atoms with van der Waals surface area (Å²) in [6, 6.07) is 9.12. The molecule has 1 amide bonds. The molecule has 1 aliphatic heterocycles. The Labute approximate surface area is 145 Å². The summed E-state index contributed by atoms with van der Waals surface area (Å²) in [6.45, 7) is 1.54. The fourth-order valence-electron chi connectivity index (χ4n) is 3.05. The van der Waals surface area contributed by atoms with Crippen molar-refractivity contribution in [2.45, 2.75) is 31.3 Å². The number of carboxylic acid groups (broad SMARTS) is 1. The lowest BCUT2D eigenvalue weighted by Crippen LogP contribution is -2.53. The molecule has 2 heterocycles. The minimum atomic E-state index is -0.920. The molecule has 1 aromatic heterocycles. The van der Waals surface area contributed by atoms with E-state index >= 15 is 0 Å². The first-order valence-electron chi connectivity index (χ1n) is 8.25. The van der Waals surface area contributed by atoms with Crippen LogP contribution in [0.4, 0.5) is 0 Å². The predicted molar refractivity (Wildman–Crippen MR) is 90.3 cm³/mol. The van der Waals surface area contributed by atoms with Crippen molar-refractivity contribution in [3.63, 3.8) is 0 Å². The number of carbonyl (C=O) groups is 2. The molecule has 0 aliphatic carbocycles. The Bertz CT molecular complexity index is 719. The summed E-state index contributed by atoms with van der Waals surface area (Å²) >= 11 is 0. The first kappa shape index (κ1) is 17.2. The zero-order valence-electron chi connectivity index (χ0n) is 13.9. The third-order valence-corrected chi connectivity index (χ3v) is 4.44. The van der Waals surface area contributed by atoms with Gasteiger partial charge in [0.1, 0.15) is 0 Å². The third kappa shape index (κ3) is 4.45. The molecule has 1 saturated heterocycles. The van der Waals surface area contributed by atoms with Gasteiger partial charge in [-0.25, -0.2) is 0 Å². The molecule has 0 unspecified atom stereocenters. The Morgan fingerprint density at radius 3 is 2.56 bits per heavy atom. The molecule has 2 aromatic rings. The van der Waals surface area contributed by atoms with E-state index in [1.807, 2.05) is 24.4 Å². The molecule has 0 saturated carbocycles. The van der Waals surface area contributed by atoms with Crippen LogP contribution >= 0.6 is 0 Å². The Kier molecular flexibility index (Phi) is 5.14. The van der Waals surface area contributed by atoms with Crippen molar-refractivity contribution in [2.75, 3.05) is 13.2 Å². The van der Waals surface area contributed by atoms with Gasteiger partial charge < -0.3 is 15.2 Å². The van der Waals surface area contributed by atoms with Gasteiger partial charge in [0.2, 0.25) is 0 Å². The van der Waals surface area contributed by atoms with Crippen LogP contribution in [0.5, 0.6) is 0 Å². The first-order valence-corrected chi connectivity index (χ1v) is 8.25. The van der Waals surface area contributed by atoms with Crippen LogP contribution in [0.2, 0.25) is 0 Å². The molecule has 0 radical (unpaired) electrons. The maximum Gasteiger partial charge on any atom is 0.305 e. The molecule has 2 N–H and O–H groups in total. The molecular weight excluding hydrogens is 322 g/mol. The van der Waals surface area contributed by atoms with Crippen molar-refractivity contribution in [3.8, 4) is 0 Å². The minimum absolute atomic E-state index is 0.0977. The van der Waals surface area contributed by atoms with Gasteiger partial charge in [0, 0.05) is 31.2 Å². The van der Waals surface area contributed by atoms with E-state index in [4.69, 9.17) is 4.74 Å². The third-order valence-electron chi connectivity index (χ3n) is 4.44. The van der Waals surface area contributed by atoms with E-state index in [0.29, 0.717) is 38.2 Å². The van der Waals surface area contributed by atoms with Crippen molar-refractivity contribution in [1.82, 2.24) is 15.1 Å². The number of nitrogens with one attached hydrogen (secondary N) is 1. The summed E-state index contributed by atoms with van der Waals surface area (Å²) < 4.78 is 7.11. The second-order valence-electron chi connectivity index (χ2n) is 6.32. The number of aliphatic carboxylic acids is 1. The summed E-state index contributed by atoms with van der Waals surface area (Å²) in [5.74, 6) is -1.18. The second kappa shape index (κ2) is 7.48. The van der Waals surface area contributed by atoms with Crippen LogP contribution in [0.25, 0.3) is 0 Å². The summed E-state index contributed by atoms with van der Waals surface area (Å²) in [5.41, 5.74) is 0.807. The van der Waals surface area contributed by atoms with E-state index in [9.17, 15) is 14.7 Å². The highest BCUT2D eigenvalue weighted by Gasteiger charge is 2.36. The van der Waals surface area contributed by atoms with Crippen molar-refractivity contribution in [2.24, 2.45) is 0 Å².